The van der Waals surface area contributed by atoms with Gasteiger partial charge in [-0.1, -0.05) is 12.1 Å². The number of carbonyl (C=O) groups is 1. The Bertz CT molecular complexity index is 1590. The van der Waals surface area contributed by atoms with Crippen molar-refractivity contribution >= 4 is 29.1 Å². The van der Waals surface area contributed by atoms with Gasteiger partial charge in [-0.3, -0.25) is 13.9 Å². The summed E-state index contributed by atoms with van der Waals surface area (Å²) in [5, 5.41) is 16.2. The van der Waals surface area contributed by atoms with E-state index in [1.807, 2.05) is 29.6 Å². The number of nitrogens with zero attached hydrogens (tertiary/aromatic N) is 8. The molecule has 1 amide bonds. The van der Waals surface area contributed by atoms with Crippen LogP contribution in [-0.4, -0.2) is 47.3 Å². The standard InChI is InChI=1S/C25H22FN9O/c1-33-22-13-16(19-7-9-27-25(29-19)30-20-8-10-28-34(20)2)12-21-31-32-24(35(21)22)17(14-23(33)36)11-15-3-5-18(26)6-4-15/h3-10,12-13,17H,11,14H2,1-2H3,(H,27,29,30). The van der Waals surface area contributed by atoms with Crippen molar-refractivity contribution in [2.45, 2.75) is 18.8 Å². The molecular weight excluding hydrogens is 461 g/mol. The van der Waals surface area contributed by atoms with E-state index in [1.54, 1.807) is 47.2 Å². The number of pyridine rings is 1. The molecule has 1 unspecified atom stereocenters. The summed E-state index contributed by atoms with van der Waals surface area (Å²) in [6.45, 7) is 0. The van der Waals surface area contributed by atoms with Gasteiger partial charge in [0.05, 0.1) is 11.9 Å². The van der Waals surface area contributed by atoms with E-state index in [0.29, 0.717) is 35.4 Å². The highest BCUT2D eigenvalue weighted by Gasteiger charge is 2.30. The number of hydrogen-bond donors (Lipinski definition) is 1. The van der Waals surface area contributed by atoms with E-state index in [2.05, 4.69) is 30.6 Å². The van der Waals surface area contributed by atoms with Gasteiger partial charge in [0.25, 0.3) is 0 Å². The van der Waals surface area contributed by atoms with Crippen LogP contribution < -0.4 is 10.2 Å². The fourth-order valence-corrected chi connectivity index (χ4v) is 4.51. The third-order valence-electron chi connectivity index (χ3n) is 6.42. The summed E-state index contributed by atoms with van der Waals surface area (Å²) >= 11 is 0. The maximum atomic E-state index is 13.4. The lowest BCUT2D eigenvalue weighted by molar-refractivity contribution is -0.118. The molecule has 0 spiro atoms. The molecule has 11 heteroatoms. The van der Waals surface area contributed by atoms with Crippen molar-refractivity contribution in [1.29, 1.82) is 0 Å². The molecule has 0 bridgehead atoms. The minimum absolute atomic E-state index is 0.0349. The van der Waals surface area contributed by atoms with Gasteiger partial charge in [-0.25, -0.2) is 14.4 Å². The van der Waals surface area contributed by atoms with Crippen molar-refractivity contribution in [3.05, 3.63) is 78.1 Å². The second-order valence-electron chi connectivity index (χ2n) is 8.77. The Kier molecular flexibility index (Phi) is 5.17. The number of carbonyl (C=O) groups excluding carboxylic acids is 1. The van der Waals surface area contributed by atoms with Crippen molar-refractivity contribution in [1.82, 2.24) is 34.3 Å². The lowest BCUT2D eigenvalue weighted by Gasteiger charge is -2.17. The lowest BCUT2D eigenvalue weighted by Crippen LogP contribution is -2.27. The largest absolute Gasteiger partial charge is 0.309 e. The van der Waals surface area contributed by atoms with Gasteiger partial charge in [-0.05, 0) is 42.3 Å². The Morgan fingerprint density at radius 1 is 1.06 bits per heavy atom. The summed E-state index contributed by atoms with van der Waals surface area (Å²) in [4.78, 5) is 23.7. The zero-order valence-electron chi connectivity index (χ0n) is 19.6. The van der Waals surface area contributed by atoms with E-state index in [-0.39, 0.29) is 24.1 Å². The molecule has 0 radical (unpaired) electrons. The Balaban J connectivity index is 1.40. The van der Waals surface area contributed by atoms with E-state index in [9.17, 15) is 9.18 Å². The maximum Gasteiger partial charge on any atom is 0.228 e. The SMILES string of the molecule is CN1C(=O)CC(Cc2ccc(F)cc2)c2nnc3cc(-c4ccnc(Nc5ccnn5C)n4)cc1n23. The third kappa shape index (κ3) is 3.84. The fraction of sp³-hybridized carbons (Fsp3) is 0.200. The molecule has 4 aromatic heterocycles. The molecule has 5 aromatic rings. The summed E-state index contributed by atoms with van der Waals surface area (Å²) in [7, 11) is 3.58. The van der Waals surface area contributed by atoms with E-state index in [0.717, 1.165) is 16.9 Å². The first kappa shape index (κ1) is 21.8. The molecule has 180 valence electrons. The van der Waals surface area contributed by atoms with Gasteiger partial charge < -0.3 is 10.2 Å². The molecule has 1 atom stereocenters. The van der Waals surface area contributed by atoms with Crippen LogP contribution >= 0.6 is 0 Å². The van der Waals surface area contributed by atoms with Crippen LogP contribution in [0.25, 0.3) is 16.9 Å². The van der Waals surface area contributed by atoms with Crippen LogP contribution in [0.3, 0.4) is 0 Å². The third-order valence-corrected chi connectivity index (χ3v) is 6.42. The van der Waals surface area contributed by atoms with Crippen LogP contribution in [0.5, 0.6) is 0 Å². The molecule has 6 rings (SSSR count). The second-order valence-corrected chi connectivity index (χ2v) is 8.77. The van der Waals surface area contributed by atoms with Gasteiger partial charge in [0, 0.05) is 44.3 Å². The molecule has 0 aliphatic carbocycles. The van der Waals surface area contributed by atoms with Crippen LogP contribution in [0.2, 0.25) is 0 Å². The number of nitrogens with one attached hydrogen (secondary N) is 1. The van der Waals surface area contributed by atoms with Gasteiger partial charge in [0.15, 0.2) is 5.65 Å². The average molecular weight is 484 g/mol. The van der Waals surface area contributed by atoms with Gasteiger partial charge >= 0.3 is 0 Å². The zero-order chi connectivity index (χ0) is 24.8. The number of halogens is 1. The molecule has 1 aliphatic rings. The fourth-order valence-electron chi connectivity index (χ4n) is 4.51. The minimum atomic E-state index is -0.290. The number of hydrogen-bond acceptors (Lipinski definition) is 7. The molecule has 10 nitrogen and oxygen atoms in total. The maximum absolute atomic E-state index is 13.4. The van der Waals surface area contributed by atoms with Crippen LogP contribution in [0, 0.1) is 5.82 Å². The molecule has 1 aromatic carbocycles. The van der Waals surface area contributed by atoms with Crippen molar-refractivity contribution in [2.75, 3.05) is 17.3 Å². The highest BCUT2D eigenvalue weighted by molar-refractivity contribution is 5.94. The summed E-state index contributed by atoms with van der Waals surface area (Å²) in [6.07, 6.45) is 4.18. The van der Waals surface area contributed by atoms with E-state index >= 15 is 0 Å². The number of rotatable bonds is 5. The summed E-state index contributed by atoms with van der Waals surface area (Å²) in [5.74, 6) is 2.03. The van der Waals surface area contributed by atoms with Gasteiger partial charge in [-0.15, -0.1) is 10.2 Å². The Labute approximate surface area is 205 Å². The summed E-state index contributed by atoms with van der Waals surface area (Å²) < 4.78 is 17.0. The van der Waals surface area contributed by atoms with Crippen LogP contribution in [0.4, 0.5) is 22.0 Å². The first-order valence-corrected chi connectivity index (χ1v) is 11.4. The lowest BCUT2D eigenvalue weighted by atomic mass is 9.95. The Hall–Kier alpha value is -4.67. The van der Waals surface area contributed by atoms with Gasteiger partial charge in [0.2, 0.25) is 11.9 Å². The van der Waals surface area contributed by atoms with Crippen molar-refractivity contribution in [3.8, 4) is 11.3 Å². The van der Waals surface area contributed by atoms with Crippen LogP contribution in [-0.2, 0) is 18.3 Å². The highest BCUT2D eigenvalue weighted by atomic mass is 19.1. The Morgan fingerprint density at radius 3 is 2.67 bits per heavy atom. The number of aryl methyl sites for hydroxylation is 1. The zero-order valence-corrected chi connectivity index (χ0v) is 19.6. The molecule has 5 heterocycles. The number of anilines is 3. The van der Waals surface area contributed by atoms with Crippen LogP contribution in [0.1, 0.15) is 23.7 Å². The quantitative estimate of drug-likeness (QED) is 0.408. The van der Waals surface area contributed by atoms with Gasteiger partial charge in [-0.2, -0.15) is 5.10 Å². The minimum Gasteiger partial charge on any atom is -0.309 e. The monoisotopic (exact) mass is 483 g/mol. The van der Waals surface area contributed by atoms with Gasteiger partial charge in [0.1, 0.15) is 23.3 Å². The molecule has 0 saturated heterocycles. The van der Waals surface area contributed by atoms with Crippen molar-refractivity contribution < 1.29 is 9.18 Å². The van der Waals surface area contributed by atoms with Crippen LogP contribution in [0.15, 0.2) is 60.9 Å². The number of benzene rings is 1. The van der Waals surface area contributed by atoms with E-state index in [4.69, 9.17) is 0 Å². The van der Waals surface area contributed by atoms with Crippen molar-refractivity contribution in [3.63, 3.8) is 0 Å². The molecule has 0 fully saturated rings. The average Bonchev–Trinajstić information content (AvgIpc) is 3.47. The molecule has 1 aliphatic heterocycles. The molecule has 1 N–H and O–H groups in total. The number of aromatic nitrogens is 7. The van der Waals surface area contributed by atoms with Crippen molar-refractivity contribution in [2.24, 2.45) is 7.05 Å². The van der Waals surface area contributed by atoms with E-state index < -0.39 is 0 Å². The first-order valence-electron chi connectivity index (χ1n) is 11.4. The smallest absolute Gasteiger partial charge is 0.228 e. The summed E-state index contributed by atoms with van der Waals surface area (Å²) in [6, 6.07) is 13.8. The second kappa shape index (κ2) is 8.52. The predicted octanol–water partition coefficient (Wildman–Crippen LogP) is 3.50. The molecular formula is C25H22FN9O. The topological polar surface area (TPSA) is 106 Å². The predicted molar refractivity (Wildman–Crippen MR) is 131 cm³/mol. The molecule has 0 saturated carbocycles. The Morgan fingerprint density at radius 2 is 1.89 bits per heavy atom. The summed E-state index contributed by atoms with van der Waals surface area (Å²) in [5.41, 5.74) is 3.00. The number of amides is 1. The highest BCUT2D eigenvalue weighted by Crippen LogP contribution is 2.34. The first-order chi connectivity index (χ1) is 17.5. The molecule has 36 heavy (non-hydrogen) atoms. The normalized spacial score (nSPS) is 15.4. The van der Waals surface area contributed by atoms with E-state index in [1.165, 1.54) is 12.1 Å².